The quantitative estimate of drug-likeness (QED) is 0.505. The zero-order chi connectivity index (χ0) is 20.7. The molecule has 8 nitrogen and oxygen atoms in total. The summed E-state index contributed by atoms with van der Waals surface area (Å²) in [5, 5.41) is 22.5. The molecule has 30 heavy (non-hydrogen) atoms. The molecular formula is C21H18N6O2S. The standard InChI is InChI=1S/C21H18N6O2S/c1-12-13-6-5-11-27(15-8-4-10-22-17(15)20(28)29)19(13)26-25-18(12)24-21-23-14-7-2-3-9-16(14)30-21/h2-4,7-10H,5-6,11H2,1H3,(H,28,29)(H,23,24,25). The lowest BCUT2D eigenvalue weighted by Gasteiger charge is -2.31. The molecule has 0 unspecified atom stereocenters. The highest BCUT2D eigenvalue weighted by Crippen LogP contribution is 2.37. The largest absolute Gasteiger partial charge is 0.476 e. The summed E-state index contributed by atoms with van der Waals surface area (Å²) in [6, 6.07) is 11.5. The van der Waals surface area contributed by atoms with Crippen molar-refractivity contribution < 1.29 is 9.90 Å². The maximum atomic E-state index is 11.6. The fourth-order valence-corrected chi connectivity index (χ4v) is 4.60. The SMILES string of the molecule is Cc1c(Nc2nc3ccccc3s2)nnc2c1CCCN2c1cccnc1C(=O)O. The van der Waals surface area contributed by atoms with E-state index in [-0.39, 0.29) is 5.69 Å². The summed E-state index contributed by atoms with van der Waals surface area (Å²) in [5.41, 5.74) is 3.54. The number of rotatable bonds is 4. The van der Waals surface area contributed by atoms with Crippen LogP contribution in [-0.2, 0) is 6.42 Å². The van der Waals surface area contributed by atoms with Crippen LogP contribution in [0.15, 0.2) is 42.6 Å². The van der Waals surface area contributed by atoms with E-state index in [4.69, 9.17) is 0 Å². The van der Waals surface area contributed by atoms with E-state index in [1.165, 1.54) is 6.20 Å². The molecule has 4 heterocycles. The number of para-hydroxylation sites is 1. The van der Waals surface area contributed by atoms with E-state index in [2.05, 4.69) is 25.5 Å². The van der Waals surface area contributed by atoms with Crippen molar-refractivity contribution in [1.82, 2.24) is 20.2 Å². The van der Waals surface area contributed by atoms with Crippen LogP contribution in [0.5, 0.6) is 0 Å². The number of fused-ring (bicyclic) bond motifs is 2. The van der Waals surface area contributed by atoms with Crippen LogP contribution in [0.2, 0.25) is 0 Å². The van der Waals surface area contributed by atoms with E-state index in [1.54, 1.807) is 23.5 Å². The number of nitrogens with zero attached hydrogens (tertiary/aromatic N) is 5. The lowest BCUT2D eigenvalue weighted by Crippen LogP contribution is -2.29. The number of hydrogen-bond acceptors (Lipinski definition) is 8. The third kappa shape index (κ3) is 3.13. The molecule has 3 aromatic heterocycles. The highest BCUT2D eigenvalue weighted by molar-refractivity contribution is 7.22. The fraction of sp³-hybridized carbons (Fsp3) is 0.190. The molecule has 1 aliphatic heterocycles. The van der Waals surface area contributed by atoms with Crippen molar-refractivity contribution in [3.05, 3.63) is 59.4 Å². The maximum absolute atomic E-state index is 11.6. The minimum atomic E-state index is -1.06. The number of thiazole rings is 1. The second-order valence-corrected chi connectivity index (χ2v) is 8.05. The molecular weight excluding hydrogens is 400 g/mol. The molecule has 9 heteroatoms. The maximum Gasteiger partial charge on any atom is 0.356 e. The van der Waals surface area contributed by atoms with Crippen LogP contribution in [0.3, 0.4) is 0 Å². The summed E-state index contributed by atoms with van der Waals surface area (Å²) in [4.78, 5) is 22.2. The molecule has 0 spiro atoms. The van der Waals surface area contributed by atoms with Gasteiger partial charge >= 0.3 is 5.97 Å². The van der Waals surface area contributed by atoms with Crippen molar-refractivity contribution in [3.8, 4) is 0 Å². The van der Waals surface area contributed by atoms with E-state index >= 15 is 0 Å². The van der Waals surface area contributed by atoms with Crippen LogP contribution < -0.4 is 10.2 Å². The van der Waals surface area contributed by atoms with Gasteiger partial charge in [0, 0.05) is 23.9 Å². The van der Waals surface area contributed by atoms with Gasteiger partial charge in [-0.1, -0.05) is 23.5 Å². The summed E-state index contributed by atoms with van der Waals surface area (Å²) in [6.07, 6.45) is 3.22. The van der Waals surface area contributed by atoms with Gasteiger partial charge in [0.15, 0.2) is 22.5 Å². The van der Waals surface area contributed by atoms with Crippen molar-refractivity contribution in [2.45, 2.75) is 19.8 Å². The molecule has 0 aliphatic carbocycles. The van der Waals surface area contributed by atoms with Crippen molar-refractivity contribution in [2.75, 3.05) is 16.8 Å². The minimum absolute atomic E-state index is 0.0153. The first kappa shape index (κ1) is 18.4. The lowest BCUT2D eigenvalue weighted by molar-refractivity contribution is 0.0691. The predicted molar refractivity (Wildman–Crippen MR) is 116 cm³/mol. The van der Waals surface area contributed by atoms with Crippen LogP contribution in [0.4, 0.5) is 22.5 Å². The molecule has 0 amide bonds. The van der Waals surface area contributed by atoms with E-state index in [1.807, 2.05) is 36.1 Å². The minimum Gasteiger partial charge on any atom is -0.476 e. The average molecular weight is 418 g/mol. The van der Waals surface area contributed by atoms with Crippen molar-refractivity contribution in [3.63, 3.8) is 0 Å². The highest BCUT2D eigenvalue weighted by Gasteiger charge is 2.27. The summed E-state index contributed by atoms with van der Waals surface area (Å²) >= 11 is 1.57. The second-order valence-electron chi connectivity index (χ2n) is 7.02. The number of aromatic nitrogens is 4. The van der Waals surface area contributed by atoms with Gasteiger partial charge in [-0.15, -0.1) is 10.2 Å². The van der Waals surface area contributed by atoms with Crippen LogP contribution in [0, 0.1) is 6.92 Å². The smallest absolute Gasteiger partial charge is 0.356 e. The van der Waals surface area contributed by atoms with Crippen LogP contribution in [-0.4, -0.2) is 37.8 Å². The number of aromatic carboxylic acids is 1. The highest BCUT2D eigenvalue weighted by atomic mass is 32.1. The number of pyridine rings is 1. The van der Waals surface area contributed by atoms with E-state index in [9.17, 15) is 9.90 Å². The van der Waals surface area contributed by atoms with Gasteiger partial charge in [-0.25, -0.2) is 14.8 Å². The molecule has 0 saturated carbocycles. The first-order chi connectivity index (χ1) is 14.6. The van der Waals surface area contributed by atoms with Gasteiger partial charge in [0.05, 0.1) is 15.9 Å². The van der Waals surface area contributed by atoms with Gasteiger partial charge in [0.1, 0.15) is 0 Å². The second kappa shape index (κ2) is 7.34. The number of benzene rings is 1. The van der Waals surface area contributed by atoms with E-state index < -0.39 is 5.97 Å². The summed E-state index contributed by atoms with van der Waals surface area (Å²) in [6.45, 7) is 2.67. The summed E-state index contributed by atoms with van der Waals surface area (Å²) < 4.78 is 1.10. The Morgan fingerprint density at radius 2 is 2.07 bits per heavy atom. The molecule has 0 bridgehead atoms. The third-order valence-electron chi connectivity index (χ3n) is 5.19. The third-order valence-corrected chi connectivity index (χ3v) is 6.14. The van der Waals surface area contributed by atoms with E-state index in [0.29, 0.717) is 23.9 Å². The Morgan fingerprint density at radius 3 is 2.90 bits per heavy atom. The molecule has 1 aliphatic rings. The molecule has 0 fully saturated rings. The van der Waals surface area contributed by atoms with Gasteiger partial charge in [-0.2, -0.15) is 0 Å². The van der Waals surface area contributed by atoms with Crippen LogP contribution in [0.25, 0.3) is 10.2 Å². The Labute approximate surface area is 176 Å². The van der Waals surface area contributed by atoms with Gasteiger partial charge in [0.2, 0.25) is 0 Å². The Bertz CT molecular complexity index is 1240. The molecule has 0 saturated heterocycles. The monoisotopic (exact) mass is 418 g/mol. The van der Waals surface area contributed by atoms with Crippen molar-refractivity contribution in [1.29, 1.82) is 0 Å². The average Bonchev–Trinajstić information content (AvgIpc) is 3.18. The summed E-state index contributed by atoms with van der Waals surface area (Å²) in [7, 11) is 0. The molecule has 5 rings (SSSR count). The topological polar surface area (TPSA) is 104 Å². The zero-order valence-electron chi connectivity index (χ0n) is 16.2. The van der Waals surface area contributed by atoms with Gasteiger partial charge < -0.3 is 15.3 Å². The van der Waals surface area contributed by atoms with Crippen LogP contribution >= 0.6 is 11.3 Å². The zero-order valence-corrected chi connectivity index (χ0v) is 17.0. The Kier molecular flexibility index (Phi) is 4.51. The van der Waals surface area contributed by atoms with Gasteiger partial charge in [-0.05, 0) is 44.0 Å². The van der Waals surface area contributed by atoms with Crippen molar-refractivity contribution in [2.24, 2.45) is 0 Å². The predicted octanol–water partition coefficient (Wildman–Crippen LogP) is 4.32. The first-order valence-corrected chi connectivity index (χ1v) is 10.4. The number of nitrogens with one attached hydrogen (secondary N) is 1. The number of hydrogen-bond donors (Lipinski definition) is 2. The lowest BCUT2D eigenvalue weighted by atomic mass is 10.0. The van der Waals surface area contributed by atoms with E-state index in [0.717, 1.165) is 39.3 Å². The first-order valence-electron chi connectivity index (χ1n) is 9.56. The Morgan fingerprint density at radius 1 is 1.20 bits per heavy atom. The molecule has 2 N–H and O–H groups in total. The molecule has 150 valence electrons. The molecule has 4 aromatic rings. The van der Waals surface area contributed by atoms with Crippen molar-refractivity contribution >= 4 is 50.0 Å². The van der Waals surface area contributed by atoms with Gasteiger partial charge in [0.25, 0.3) is 0 Å². The number of carboxylic acid groups (broad SMARTS) is 1. The Balaban J connectivity index is 1.52. The number of carboxylic acids is 1. The summed E-state index contributed by atoms with van der Waals surface area (Å²) in [5.74, 6) is 0.292. The van der Waals surface area contributed by atoms with Crippen LogP contribution in [0.1, 0.15) is 28.0 Å². The molecule has 0 radical (unpaired) electrons. The number of anilines is 4. The number of carbonyl (C=O) groups is 1. The molecule has 0 atom stereocenters. The van der Waals surface area contributed by atoms with Gasteiger partial charge in [-0.3, -0.25) is 0 Å². The normalized spacial score (nSPS) is 13.3. The Hall–Kier alpha value is -3.59. The fourth-order valence-electron chi connectivity index (χ4n) is 3.74. The molecule has 1 aromatic carbocycles.